The van der Waals surface area contributed by atoms with Crippen LogP contribution in [0.3, 0.4) is 0 Å². The minimum Gasteiger partial charge on any atom is -0.482 e. The summed E-state index contributed by atoms with van der Waals surface area (Å²) in [6.07, 6.45) is 1.04. The first-order valence-electron chi connectivity index (χ1n) is 9.77. The predicted octanol–water partition coefficient (Wildman–Crippen LogP) is 5.39. The van der Waals surface area contributed by atoms with Crippen molar-refractivity contribution in [2.45, 2.75) is 35.0 Å². The molecular weight excluding hydrogens is 531 g/mol. The number of fused-ring (bicyclic) bond motifs is 1. The Labute approximate surface area is 195 Å². The molecular formula is C23H23IO6S. The maximum atomic E-state index is 12.3. The molecule has 0 aliphatic rings. The third-order valence-corrected chi connectivity index (χ3v) is 6.78. The second-order valence-corrected chi connectivity index (χ2v) is 10.5. The Kier molecular flexibility index (Phi) is 7.55. The lowest BCUT2D eigenvalue weighted by Gasteiger charge is -2.18. The normalized spacial score (nSPS) is 13.5. The largest absolute Gasteiger partial charge is 0.482 e. The van der Waals surface area contributed by atoms with E-state index < -0.39 is 16.1 Å². The fraction of sp³-hybridized carbons (Fsp3) is 0.261. The maximum absolute atomic E-state index is 12.3. The summed E-state index contributed by atoms with van der Waals surface area (Å²) in [6, 6.07) is 16.7. The number of carbonyl (C=O) groups excluding carboxylic acids is 1. The summed E-state index contributed by atoms with van der Waals surface area (Å²) in [5, 5.41) is 0.663. The van der Waals surface area contributed by atoms with Crippen LogP contribution in [0.2, 0.25) is 0 Å². The standard InChI is InChI=1S/C23H23IO6S/c1-3-18(15(2)24)16-10-12-17(13-11-16)29-14-23(25)30-21-8-4-7-20-19(21)6-5-9-22(20)31(26,27)28/h4-13,15,18H,3,14H2,1-2H3,(H,26,27,28). The third kappa shape index (κ3) is 5.75. The van der Waals surface area contributed by atoms with Gasteiger partial charge in [-0.05, 0) is 42.2 Å². The number of esters is 1. The molecule has 2 unspecified atom stereocenters. The zero-order valence-electron chi connectivity index (χ0n) is 17.1. The molecule has 164 valence electrons. The van der Waals surface area contributed by atoms with Crippen LogP contribution in [0.15, 0.2) is 65.6 Å². The van der Waals surface area contributed by atoms with Gasteiger partial charge in [-0.15, -0.1) is 0 Å². The van der Waals surface area contributed by atoms with Crippen LogP contribution >= 0.6 is 22.6 Å². The molecule has 0 aromatic heterocycles. The van der Waals surface area contributed by atoms with Crippen LogP contribution in [0.4, 0.5) is 0 Å². The van der Waals surface area contributed by atoms with Gasteiger partial charge in [-0.2, -0.15) is 8.42 Å². The van der Waals surface area contributed by atoms with Crippen LogP contribution in [0, 0.1) is 0 Å². The lowest BCUT2D eigenvalue weighted by atomic mass is 9.94. The molecule has 3 aromatic rings. The molecule has 0 saturated heterocycles. The van der Waals surface area contributed by atoms with Gasteiger partial charge in [0.05, 0.1) is 0 Å². The van der Waals surface area contributed by atoms with E-state index >= 15 is 0 Å². The van der Waals surface area contributed by atoms with Crippen molar-refractivity contribution in [3.05, 3.63) is 66.2 Å². The molecule has 0 aliphatic heterocycles. The van der Waals surface area contributed by atoms with Gasteiger partial charge < -0.3 is 9.47 Å². The van der Waals surface area contributed by atoms with Crippen LogP contribution in [-0.2, 0) is 14.9 Å². The van der Waals surface area contributed by atoms with Crippen molar-refractivity contribution in [2.24, 2.45) is 0 Å². The van der Waals surface area contributed by atoms with Crippen molar-refractivity contribution < 1.29 is 27.2 Å². The third-order valence-electron chi connectivity index (χ3n) is 5.00. The Morgan fingerprint density at radius 2 is 1.68 bits per heavy atom. The van der Waals surface area contributed by atoms with Crippen LogP contribution in [0.1, 0.15) is 31.7 Å². The fourth-order valence-electron chi connectivity index (χ4n) is 3.50. The van der Waals surface area contributed by atoms with Crippen molar-refractivity contribution in [1.29, 1.82) is 0 Å². The summed E-state index contributed by atoms with van der Waals surface area (Å²) in [5.74, 6) is 0.580. The van der Waals surface area contributed by atoms with Crippen molar-refractivity contribution in [2.75, 3.05) is 6.61 Å². The molecule has 6 nitrogen and oxygen atoms in total. The number of carbonyl (C=O) groups is 1. The molecule has 1 N–H and O–H groups in total. The minimum absolute atomic E-state index is 0.189. The number of alkyl halides is 1. The molecule has 3 rings (SSSR count). The lowest BCUT2D eigenvalue weighted by molar-refractivity contribution is -0.136. The van der Waals surface area contributed by atoms with E-state index in [-0.39, 0.29) is 22.6 Å². The van der Waals surface area contributed by atoms with Crippen LogP contribution in [0.25, 0.3) is 10.8 Å². The Morgan fingerprint density at radius 3 is 2.29 bits per heavy atom. The first kappa shape index (κ1) is 23.5. The van der Waals surface area contributed by atoms with Gasteiger partial charge in [0.15, 0.2) is 6.61 Å². The van der Waals surface area contributed by atoms with E-state index in [0.29, 0.717) is 21.0 Å². The summed E-state index contributed by atoms with van der Waals surface area (Å²) in [4.78, 5) is 12.1. The molecule has 0 heterocycles. The zero-order valence-corrected chi connectivity index (χ0v) is 20.1. The second-order valence-electron chi connectivity index (χ2n) is 7.11. The Hall–Kier alpha value is -2.17. The quantitative estimate of drug-likeness (QED) is 0.132. The molecule has 0 amide bonds. The van der Waals surface area contributed by atoms with Gasteiger partial charge in [0.1, 0.15) is 16.4 Å². The number of rotatable bonds is 8. The van der Waals surface area contributed by atoms with Gasteiger partial charge >= 0.3 is 5.97 Å². The van der Waals surface area contributed by atoms with Crippen LogP contribution in [-0.4, -0.2) is 29.5 Å². The van der Waals surface area contributed by atoms with Crippen molar-refractivity contribution in [1.82, 2.24) is 0 Å². The van der Waals surface area contributed by atoms with Gasteiger partial charge in [0.2, 0.25) is 0 Å². The molecule has 0 fully saturated rings. The summed E-state index contributed by atoms with van der Waals surface area (Å²) in [5.41, 5.74) is 1.23. The van der Waals surface area contributed by atoms with Crippen LogP contribution < -0.4 is 9.47 Å². The summed E-state index contributed by atoms with van der Waals surface area (Å²) in [7, 11) is -4.40. The first-order chi connectivity index (χ1) is 14.7. The fourth-order valence-corrected chi connectivity index (χ4v) is 5.13. The van der Waals surface area contributed by atoms with E-state index in [9.17, 15) is 17.8 Å². The molecule has 3 aromatic carbocycles. The average Bonchev–Trinajstić information content (AvgIpc) is 2.72. The monoisotopic (exact) mass is 554 g/mol. The number of hydrogen-bond donors (Lipinski definition) is 1. The smallest absolute Gasteiger partial charge is 0.349 e. The van der Waals surface area contributed by atoms with Gasteiger partial charge in [0, 0.05) is 14.7 Å². The average molecular weight is 554 g/mol. The molecule has 31 heavy (non-hydrogen) atoms. The second kappa shape index (κ2) is 9.97. The maximum Gasteiger partial charge on any atom is 0.349 e. The molecule has 0 aliphatic carbocycles. The van der Waals surface area contributed by atoms with Gasteiger partial charge in [-0.1, -0.05) is 72.8 Å². The van der Waals surface area contributed by atoms with Gasteiger partial charge in [-0.25, -0.2) is 4.79 Å². The highest BCUT2D eigenvalue weighted by atomic mass is 127. The predicted molar refractivity (Wildman–Crippen MR) is 128 cm³/mol. The highest BCUT2D eigenvalue weighted by molar-refractivity contribution is 14.1. The van der Waals surface area contributed by atoms with E-state index in [1.54, 1.807) is 18.2 Å². The van der Waals surface area contributed by atoms with Gasteiger partial charge in [-0.3, -0.25) is 4.55 Å². The summed E-state index contributed by atoms with van der Waals surface area (Å²) < 4.78 is 44.0. The summed E-state index contributed by atoms with van der Waals surface area (Å²) in [6.45, 7) is 4.04. The van der Waals surface area contributed by atoms with Crippen molar-refractivity contribution in [3.63, 3.8) is 0 Å². The van der Waals surface area contributed by atoms with E-state index in [1.807, 2.05) is 24.3 Å². The number of halogens is 1. The number of benzene rings is 3. The van der Waals surface area contributed by atoms with E-state index in [4.69, 9.17) is 9.47 Å². The molecule has 2 atom stereocenters. The lowest BCUT2D eigenvalue weighted by Crippen LogP contribution is -2.18. The minimum atomic E-state index is -4.40. The first-order valence-corrected chi connectivity index (χ1v) is 12.5. The SMILES string of the molecule is CCC(c1ccc(OCC(=O)Oc2cccc3c(S(=O)(=O)O)cccc23)cc1)C(C)I. The highest BCUT2D eigenvalue weighted by Gasteiger charge is 2.17. The van der Waals surface area contributed by atoms with Crippen molar-refractivity contribution >= 4 is 49.5 Å². The van der Waals surface area contributed by atoms with Crippen molar-refractivity contribution in [3.8, 4) is 11.5 Å². The molecule has 8 heteroatoms. The van der Waals surface area contributed by atoms with Gasteiger partial charge in [0.25, 0.3) is 10.1 Å². The number of ether oxygens (including phenoxy) is 2. The zero-order chi connectivity index (χ0) is 22.6. The molecule has 0 spiro atoms. The molecule has 0 saturated carbocycles. The van der Waals surface area contributed by atoms with Crippen LogP contribution in [0.5, 0.6) is 11.5 Å². The Morgan fingerprint density at radius 1 is 1.03 bits per heavy atom. The summed E-state index contributed by atoms with van der Waals surface area (Å²) >= 11 is 2.42. The van der Waals surface area contributed by atoms with E-state index in [0.717, 1.165) is 6.42 Å². The number of hydrogen-bond acceptors (Lipinski definition) is 5. The van der Waals surface area contributed by atoms with E-state index in [2.05, 4.69) is 36.4 Å². The Balaban J connectivity index is 1.70. The Bertz CT molecular complexity index is 1170. The topological polar surface area (TPSA) is 89.9 Å². The van der Waals surface area contributed by atoms with E-state index in [1.165, 1.54) is 23.8 Å². The molecule has 0 radical (unpaired) electrons. The highest BCUT2D eigenvalue weighted by Crippen LogP contribution is 2.31. The molecule has 0 bridgehead atoms.